The number of benzene rings is 1. The number of carbonyl (C=O) groups excluding carboxylic acids is 2. The first-order valence-electron chi connectivity index (χ1n) is 7.33. The molecule has 0 radical (unpaired) electrons. The number of imide groups is 1. The zero-order chi connectivity index (χ0) is 19.6. The third-order valence-electron chi connectivity index (χ3n) is 3.32. The van der Waals surface area contributed by atoms with Gasteiger partial charge in [-0.1, -0.05) is 6.07 Å². The van der Waals surface area contributed by atoms with Crippen molar-refractivity contribution >= 4 is 23.4 Å². The van der Waals surface area contributed by atoms with Crippen LogP contribution in [-0.2, 0) is 0 Å². The van der Waals surface area contributed by atoms with Gasteiger partial charge in [0, 0.05) is 18.5 Å². The van der Waals surface area contributed by atoms with Gasteiger partial charge >= 0.3 is 12.4 Å². The molecule has 2 heterocycles. The number of urea groups is 1. The van der Waals surface area contributed by atoms with Crippen molar-refractivity contribution in [2.45, 2.75) is 6.36 Å². The van der Waals surface area contributed by atoms with Crippen molar-refractivity contribution in [1.29, 1.82) is 0 Å². The second-order valence-corrected chi connectivity index (χ2v) is 5.16. The van der Waals surface area contributed by atoms with Crippen molar-refractivity contribution < 1.29 is 31.9 Å². The zero-order valence-electron chi connectivity index (χ0n) is 13.2. The Morgan fingerprint density at radius 1 is 1.15 bits per heavy atom. The molecule has 3 aromatic rings. The van der Waals surface area contributed by atoms with E-state index in [0.29, 0.717) is 17.5 Å². The fourth-order valence-electron chi connectivity index (χ4n) is 2.24. The summed E-state index contributed by atoms with van der Waals surface area (Å²) in [5.41, 5.74) is -0.0778. The number of carbonyl (C=O) groups is 2. The van der Waals surface area contributed by atoms with E-state index in [1.54, 1.807) is 24.4 Å². The van der Waals surface area contributed by atoms with E-state index < -0.39 is 35.4 Å². The molecule has 0 unspecified atom stereocenters. The number of anilines is 1. The normalized spacial score (nSPS) is 11.3. The molecule has 0 aliphatic carbocycles. The lowest BCUT2D eigenvalue weighted by molar-refractivity contribution is -0.274. The van der Waals surface area contributed by atoms with Crippen LogP contribution in [0.5, 0.6) is 5.75 Å². The lowest BCUT2D eigenvalue weighted by Crippen LogP contribution is -2.35. The molecule has 0 spiro atoms. The van der Waals surface area contributed by atoms with E-state index in [2.05, 4.69) is 15.0 Å². The van der Waals surface area contributed by atoms with Crippen molar-refractivity contribution in [1.82, 2.24) is 14.7 Å². The van der Waals surface area contributed by atoms with Crippen molar-refractivity contribution in [2.24, 2.45) is 0 Å². The molecular formula is C16H10F4N4O3. The van der Waals surface area contributed by atoms with Gasteiger partial charge < -0.3 is 4.74 Å². The average Bonchev–Trinajstić information content (AvgIpc) is 3.02. The Kier molecular flexibility index (Phi) is 4.67. The molecule has 0 bridgehead atoms. The molecule has 3 rings (SSSR count). The number of fused-ring (bicyclic) bond motifs is 1. The van der Waals surface area contributed by atoms with Gasteiger partial charge in [-0.3, -0.25) is 19.8 Å². The largest absolute Gasteiger partial charge is 0.573 e. The number of pyridine rings is 1. The SMILES string of the molecule is O=C(NC(=O)c1ccc(OC(F)(F)F)cc1F)Nc1cccc2nccn12. The maximum Gasteiger partial charge on any atom is 0.573 e. The van der Waals surface area contributed by atoms with Crippen molar-refractivity contribution in [2.75, 3.05) is 5.32 Å². The predicted molar refractivity (Wildman–Crippen MR) is 84.8 cm³/mol. The number of imidazole rings is 1. The number of aromatic nitrogens is 2. The average molecular weight is 382 g/mol. The first-order chi connectivity index (χ1) is 12.7. The van der Waals surface area contributed by atoms with Gasteiger partial charge in [0.15, 0.2) is 0 Å². The quantitative estimate of drug-likeness (QED) is 0.681. The van der Waals surface area contributed by atoms with Crippen LogP contribution in [0.15, 0.2) is 48.8 Å². The Labute approximate surface area is 148 Å². The Balaban J connectivity index is 1.69. The van der Waals surface area contributed by atoms with E-state index in [1.165, 1.54) is 10.6 Å². The topological polar surface area (TPSA) is 84.7 Å². The maximum absolute atomic E-state index is 13.9. The van der Waals surface area contributed by atoms with E-state index in [4.69, 9.17) is 0 Å². The van der Waals surface area contributed by atoms with Crippen LogP contribution < -0.4 is 15.4 Å². The Morgan fingerprint density at radius 3 is 2.63 bits per heavy atom. The second kappa shape index (κ2) is 6.94. The number of hydrogen-bond acceptors (Lipinski definition) is 4. The molecule has 2 N–H and O–H groups in total. The van der Waals surface area contributed by atoms with Gasteiger partial charge in [-0.15, -0.1) is 13.2 Å². The number of alkyl halides is 3. The second-order valence-electron chi connectivity index (χ2n) is 5.16. The van der Waals surface area contributed by atoms with E-state index in [-0.39, 0.29) is 0 Å². The number of hydrogen-bond donors (Lipinski definition) is 2. The van der Waals surface area contributed by atoms with E-state index in [9.17, 15) is 27.2 Å². The Morgan fingerprint density at radius 2 is 1.93 bits per heavy atom. The summed E-state index contributed by atoms with van der Waals surface area (Å²) in [5, 5.41) is 4.27. The molecule has 0 saturated heterocycles. The number of ether oxygens (including phenoxy) is 1. The molecule has 27 heavy (non-hydrogen) atoms. The summed E-state index contributed by atoms with van der Waals surface area (Å²) < 4.78 is 55.3. The van der Waals surface area contributed by atoms with Crippen LogP contribution in [-0.4, -0.2) is 27.7 Å². The van der Waals surface area contributed by atoms with Crippen LogP contribution in [0.2, 0.25) is 0 Å². The third-order valence-corrected chi connectivity index (χ3v) is 3.32. The molecule has 0 fully saturated rings. The van der Waals surface area contributed by atoms with Gasteiger partial charge in [-0.2, -0.15) is 0 Å². The lowest BCUT2D eigenvalue weighted by Gasteiger charge is -2.11. The van der Waals surface area contributed by atoms with Gasteiger partial charge in [0.25, 0.3) is 5.91 Å². The highest BCUT2D eigenvalue weighted by Crippen LogP contribution is 2.24. The fourth-order valence-corrected chi connectivity index (χ4v) is 2.24. The smallest absolute Gasteiger partial charge is 0.406 e. The summed E-state index contributed by atoms with van der Waals surface area (Å²) in [5.74, 6) is -2.95. The number of amides is 3. The first kappa shape index (κ1) is 18.2. The van der Waals surface area contributed by atoms with E-state index >= 15 is 0 Å². The standard InChI is InChI=1S/C16H10F4N4O3/c17-11-8-9(27-16(18,19)20)4-5-10(11)14(25)23-15(26)22-13-3-1-2-12-21-6-7-24(12)13/h1-8H,(H2,22,23,25,26). The highest BCUT2D eigenvalue weighted by Gasteiger charge is 2.31. The molecule has 1 aromatic carbocycles. The minimum Gasteiger partial charge on any atom is -0.406 e. The van der Waals surface area contributed by atoms with Crippen molar-refractivity contribution in [3.63, 3.8) is 0 Å². The zero-order valence-corrected chi connectivity index (χ0v) is 13.2. The van der Waals surface area contributed by atoms with E-state index in [0.717, 1.165) is 12.1 Å². The van der Waals surface area contributed by atoms with Crippen LogP contribution in [0.1, 0.15) is 10.4 Å². The number of nitrogens with zero attached hydrogens (tertiary/aromatic N) is 2. The van der Waals surface area contributed by atoms with Gasteiger partial charge in [-0.25, -0.2) is 14.2 Å². The molecule has 3 amide bonds. The van der Waals surface area contributed by atoms with Gasteiger partial charge in [0.2, 0.25) is 0 Å². The molecule has 2 aromatic heterocycles. The van der Waals surface area contributed by atoms with Crippen LogP contribution in [0, 0.1) is 5.82 Å². The molecule has 140 valence electrons. The fraction of sp³-hybridized carbons (Fsp3) is 0.0625. The van der Waals surface area contributed by atoms with Crippen LogP contribution in [0.3, 0.4) is 0 Å². The minimum absolute atomic E-state index is 0.296. The van der Waals surface area contributed by atoms with Crippen LogP contribution in [0.25, 0.3) is 5.65 Å². The van der Waals surface area contributed by atoms with Crippen molar-refractivity contribution in [3.05, 3.63) is 60.2 Å². The van der Waals surface area contributed by atoms with Gasteiger partial charge in [0.05, 0.1) is 5.56 Å². The Bertz CT molecular complexity index is 1020. The van der Waals surface area contributed by atoms with E-state index in [1.807, 2.05) is 5.32 Å². The number of nitrogens with one attached hydrogen (secondary N) is 2. The molecular weight excluding hydrogens is 372 g/mol. The molecule has 11 heteroatoms. The first-order valence-corrected chi connectivity index (χ1v) is 7.33. The van der Waals surface area contributed by atoms with Crippen LogP contribution >= 0.6 is 0 Å². The summed E-state index contributed by atoms with van der Waals surface area (Å²) in [6.07, 6.45) is -1.92. The number of halogens is 4. The monoisotopic (exact) mass is 382 g/mol. The summed E-state index contributed by atoms with van der Waals surface area (Å²) in [4.78, 5) is 28.0. The summed E-state index contributed by atoms with van der Waals surface area (Å²) in [6, 6.07) is 5.82. The maximum atomic E-state index is 13.9. The molecule has 0 aliphatic rings. The van der Waals surface area contributed by atoms with Crippen LogP contribution in [0.4, 0.5) is 28.2 Å². The van der Waals surface area contributed by atoms with Gasteiger partial charge in [0.1, 0.15) is 23.0 Å². The Hall–Kier alpha value is -3.63. The van der Waals surface area contributed by atoms with Gasteiger partial charge in [-0.05, 0) is 24.3 Å². The molecule has 0 aliphatic heterocycles. The van der Waals surface area contributed by atoms with Crippen molar-refractivity contribution in [3.8, 4) is 5.75 Å². The summed E-state index contributed by atoms with van der Waals surface area (Å²) in [7, 11) is 0. The molecule has 0 atom stereocenters. The predicted octanol–water partition coefficient (Wildman–Crippen LogP) is 3.33. The lowest BCUT2D eigenvalue weighted by atomic mass is 10.2. The number of rotatable bonds is 3. The summed E-state index contributed by atoms with van der Waals surface area (Å²) >= 11 is 0. The highest BCUT2D eigenvalue weighted by molar-refractivity contribution is 6.08. The summed E-state index contributed by atoms with van der Waals surface area (Å²) in [6.45, 7) is 0. The third kappa shape index (κ3) is 4.32. The molecule has 7 nitrogen and oxygen atoms in total. The minimum atomic E-state index is -5.00. The molecule has 0 saturated carbocycles. The highest BCUT2D eigenvalue weighted by atomic mass is 19.4.